The summed E-state index contributed by atoms with van der Waals surface area (Å²) in [6.45, 7) is 5.99. The smallest absolute Gasteiger partial charge is 0.295 e. The number of carbonyl (C=O) groups is 1. The van der Waals surface area contributed by atoms with E-state index in [9.17, 15) is 4.79 Å². The quantitative estimate of drug-likeness (QED) is 0.718. The number of aromatic amines is 1. The molecule has 6 heteroatoms. The van der Waals surface area contributed by atoms with E-state index in [-0.39, 0.29) is 17.1 Å². The van der Waals surface area contributed by atoms with Gasteiger partial charge in [-0.25, -0.2) is 4.98 Å². The van der Waals surface area contributed by atoms with Gasteiger partial charge in [0, 0.05) is 16.8 Å². The Bertz CT molecular complexity index is 580. The van der Waals surface area contributed by atoms with Crippen molar-refractivity contribution in [1.82, 2.24) is 15.2 Å². The van der Waals surface area contributed by atoms with Gasteiger partial charge < -0.3 is 11.1 Å². The molecule has 6 nitrogen and oxygen atoms in total. The monoisotopic (exact) mass is 259 g/mol. The summed E-state index contributed by atoms with van der Waals surface area (Å²) in [5, 5.41) is 9.41. The number of nitrogen functional groups attached to an aromatic ring is 1. The molecule has 0 radical (unpaired) electrons. The topological polar surface area (TPSA) is 96.7 Å². The standard InChI is InChI=1S/C13H17N5O/c1-13(2,3)12-16-10(17-18-12)11(19)15-9-6-4-8(14)5-7-9/h4-7H,14H2,1-3H3,(H,15,19)(H,16,17,18). The normalized spacial score (nSPS) is 11.3. The van der Waals surface area contributed by atoms with E-state index in [0.717, 1.165) is 0 Å². The largest absolute Gasteiger partial charge is 0.399 e. The van der Waals surface area contributed by atoms with Crippen molar-refractivity contribution in [2.45, 2.75) is 26.2 Å². The van der Waals surface area contributed by atoms with E-state index in [1.807, 2.05) is 20.8 Å². The molecule has 0 unspecified atom stereocenters. The number of anilines is 2. The lowest BCUT2D eigenvalue weighted by atomic mass is 9.96. The average Bonchev–Trinajstić information content (AvgIpc) is 2.81. The second-order valence-electron chi connectivity index (χ2n) is 5.33. The lowest BCUT2D eigenvalue weighted by Gasteiger charge is -2.12. The van der Waals surface area contributed by atoms with Gasteiger partial charge >= 0.3 is 0 Å². The van der Waals surface area contributed by atoms with Crippen LogP contribution in [-0.2, 0) is 5.41 Å². The van der Waals surface area contributed by atoms with Crippen LogP contribution in [-0.4, -0.2) is 21.1 Å². The number of amides is 1. The molecule has 100 valence electrons. The summed E-state index contributed by atoms with van der Waals surface area (Å²) in [6, 6.07) is 6.89. The number of nitrogens with one attached hydrogen (secondary N) is 2. The minimum Gasteiger partial charge on any atom is -0.399 e. The highest BCUT2D eigenvalue weighted by Gasteiger charge is 2.21. The van der Waals surface area contributed by atoms with Gasteiger partial charge in [-0.1, -0.05) is 20.8 Å². The van der Waals surface area contributed by atoms with Crippen LogP contribution in [0.5, 0.6) is 0 Å². The van der Waals surface area contributed by atoms with E-state index in [0.29, 0.717) is 17.2 Å². The molecule has 0 aliphatic carbocycles. The molecule has 4 N–H and O–H groups in total. The molecule has 1 aromatic heterocycles. The molecule has 0 spiro atoms. The molecule has 0 bridgehead atoms. The van der Waals surface area contributed by atoms with Crippen LogP contribution in [0.2, 0.25) is 0 Å². The van der Waals surface area contributed by atoms with Crippen LogP contribution in [0, 0.1) is 0 Å². The highest BCUT2D eigenvalue weighted by Crippen LogP contribution is 2.17. The predicted molar refractivity (Wildman–Crippen MR) is 73.9 cm³/mol. The van der Waals surface area contributed by atoms with Gasteiger partial charge in [0.2, 0.25) is 5.82 Å². The van der Waals surface area contributed by atoms with Crippen LogP contribution in [0.15, 0.2) is 24.3 Å². The van der Waals surface area contributed by atoms with Crippen molar-refractivity contribution in [2.24, 2.45) is 0 Å². The zero-order chi connectivity index (χ0) is 14.0. The molecule has 0 saturated heterocycles. The first-order chi connectivity index (χ1) is 8.86. The number of nitrogens with zero attached hydrogens (tertiary/aromatic N) is 2. The maximum Gasteiger partial charge on any atom is 0.295 e. The maximum atomic E-state index is 12.0. The lowest BCUT2D eigenvalue weighted by molar-refractivity contribution is 0.101. The van der Waals surface area contributed by atoms with Crippen LogP contribution in [0.25, 0.3) is 0 Å². The first-order valence-electron chi connectivity index (χ1n) is 5.96. The van der Waals surface area contributed by atoms with Gasteiger partial charge in [-0.3, -0.25) is 9.89 Å². The summed E-state index contributed by atoms with van der Waals surface area (Å²) >= 11 is 0. The Hall–Kier alpha value is -2.37. The number of nitrogens with two attached hydrogens (primary N) is 1. The molecule has 0 atom stereocenters. The third kappa shape index (κ3) is 3.09. The molecule has 2 rings (SSSR count). The van der Waals surface area contributed by atoms with Crippen molar-refractivity contribution in [3.63, 3.8) is 0 Å². The Kier molecular flexibility index (Phi) is 3.25. The number of benzene rings is 1. The third-order valence-electron chi connectivity index (χ3n) is 2.57. The van der Waals surface area contributed by atoms with Gasteiger partial charge in [-0.05, 0) is 24.3 Å². The van der Waals surface area contributed by atoms with Crippen LogP contribution in [0.4, 0.5) is 11.4 Å². The molecule has 1 amide bonds. The van der Waals surface area contributed by atoms with E-state index >= 15 is 0 Å². The summed E-state index contributed by atoms with van der Waals surface area (Å²) in [6.07, 6.45) is 0. The van der Waals surface area contributed by atoms with E-state index in [1.165, 1.54) is 0 Å². The number of aromatic nitrogens is 3. The molecule has 19 heavy (non-hydrogen) atoms. The molecule has 0 aliphatic rings. The van der Waals surface area contributed by atoms with Crippen LogP contribution in [0.3, 0.4) is 0 Å². The summed E-state index contributed by atoms with van der Waals surface area (Å²) < 4.78 is 0. The van der Waals surface area contributed by atoms with Crippen molar-refractivity contribution in [3.8, 4) is 0 Å². The summed E-state index contributed by atoms with van der Waals surface area (Å²) in [7, 11) is 0. The van der Waals surface area contributed by atoms with Crippen molar-refractivity contribution in [3.05, 3.63) is 35.9 Å². The Balaban J connectivity index is 2.12. The second-order valence-corrected chi connectivity index (χ2v) is 5.33. The first kappa shape index (κ1) is 13.1. The second kappa shape index (κ2) is 4.72. The molecular formula is C13H17N5O. The maximum absolute atomic E-state index is 12.0. The van der Waals surface area contributed by atoms with Gasteiger partial charge in [0.05, 0.1) is 0 Å². The first-order valence-corrected chi connectivity index (χ1v) is 5.96. The fourth-order valence-electron chi connectivity index (χ4n) is 1.45. The van der Waals surface area contributed by atoms with Gasteiger partial charge in [0.25, 0.3) is 5.91 Å². The molecule has 1 aromatic carbocycles. The molecule has 0 aliphatic heterocycles. The highest BCUT2D eigenvalue weighted by molar-refractivity contribution is 6.01. The molecule has 2 aromatic rings. The lowest BCUT2D eigenvalue weighted by Crippen LogP contribution is -2.16. The van der Waals surface area contributed by atoms with E-state index in [4.69, 9.17) is 5.73 Å². The highest BCUT2D eigenvalue weighted by atomic mass is 16.2. The third-order valence-corrected chi connectivity index (χ3v) is 2.57. The van der Waals surface area contributed by atoms with E-state index in [1.54, 1.807) is 24.3 Å². The molecule has 0 fully saturated rings. The Morgan fingerprint density at radius 1 is 1.26 bits per heavy atom. The van der Waals surface area contributed by atoms with E-state index in [2.05, 4.69) is 20.5 Å². The number of hydrogen-bond donors (Lipinski definition) is 3. The van der Waals surface area contributed by atoms with Crippen molar-refractivity contribution < 1.29 is 4.79 Å². The van der Waals surface area contributed by atoms with Gasteiger partial charge in [0.15, 0.2) is 0 Å². The number of H-pyrrole nitrogens is 1. The van der Waals surface area contributed by atoms with Crippen molar-refractivity contribution >= 4 is 17.3 Å². The van der Waals surface area contributed by atoms with Gasteiger partial charge in [0.1, 0.15) is 5.82 Å². The summed E-state index contributed by atoms with van der Waals surface area (Å²) in [5.41, 5.74) is 6.70. The SMILES string of the molecule is CC(C)(C)c1nc(C(=O)Nc2ccc(N)cc2)n[nH]1. The van der Waals surface area contributed by atoms with Gasteiger partial charge in [-0.15, -0.1) is 5.10 Å². The number of hydrogen-bond acceptors (Lipinski definition) is 4. The van der Waals surface area contributed by atoms with Crippen LogP contribution < -0.4 is 11.1 Å². The number of carbonyl (C=O) groups excluding carboxylic acids is 1. The zero-order valence-corrected chi connectivity index (χ0v) is 11.2. The average molecular weight is 259 g/mol. The predicted octanol–water partition coefficient (Wildman–Crippen LogP) is 1.94. The van der Waals surface area contributed by atoms with Crippen molar-refractivity contribution in [2.75, 3.05) is 11.1 Å². The Labute approximate surface area is 111 Å². The number of rotatable bonds is 2. The Morgan fingerprint density at radius 2 is 1.89 bits per heavy atom. The fourth-order valence-corrected chi connectivity index (χ4v) is 1.45. The summed E-state index contributed by atoms with van der Waals surface area (Å²) in [5.74, 6) is 0.452. The zero-order valence-electron chi connectivity index (χ0n) is 11.2. The molecule has 0 saturated carbocycles. The molecule has 1 heterocycles. The van der Waals surface area contributed by atoms with Crippen LogP contribution >= 0.6 is 0 Å². The minimum atomic E-state index is -0.350. The van der Waals surface area contributed by atoms with Gasteiger partial charge in [-0.2, -0.15) is 0 Å². The molecular weight excluding hydrogens is 242 g/mol. The van der Waals surface area contributed by atoms with Crippen LogP contribution in [0.1, 0.15) is 37.2 Å². The Morgan fingerprint density at radius 3 is 2.42 bits per heavy atom. The van der Waals surface area contributed by atoms with Crippen molar-refractivity contribution in [1.29, 1.82) is 0 Å². The minimum absolute atomic E-state index is 0.127. The summed E-state index contributed by atoms with van der Waals surface area (Å²) in [4.78, 5) is 16.1. The van der Waals surface area contributed by atoms with E-state index < -0.39 is 0 Å². The fraction of sp³-hybridized carbons (Fsp3) is 0.308.